The molecule has 0 aromatic heterocycles. The highest BCUT2D eigenvalue weighted by Gasteiger charge is 2.25. The molecule has 1 unspecified atom stereocenters. The largest absolute Gasteiger partial charge is 0.497 e. The van der Waals surface area contributed by atoms with Crippen LogP contribution >= 0.6 is 0 Å². The predicted octanol–water partition coefficient (Wildman–Crippen LogP) is 3.57. The minimum absolute atomic E-state index is 0.0289. The topological polar surface area (TPSA) is 58.6 Å². The number of hydrogen-bond donors (Lipinski definition) is 1. The van der Waals surface area contributed by atoms with Gasteiger partial charge in [-0.1, -0.05) is 49.4 Å². The quantitative estimate of drug-likeness (QED) is 0.683. The Labute approximate surface area is 167 Å². The number of nitrogens with one attached hydrogen (secondary N) is 1. The third-order valence-electron chi connectivity index (χ3n) is 4.70. The summed E-state index contributed by atoms with van der Waals surface area (Å²) in [6.07, 6.45) is 1.88. The molecule has 1 N–H and O–H groups in total. The molecule has 0 aliphatic carbocycles. The van der Waals surface area contributed by atoms with Crippen molar-refractivity contribution in [3.63, 3.8) is 0 Å². The summed E-state index contributed by atoms with van der Waals surface area (Å²) in [7, 11) is 1.62. The van der Waals surface area contributed by atoms with Crippen LogP contribution in [-0.4, -0.2) is 36.4 Å². The Balaban J connectivity index is 2.11. The highest BCUT2D eigenvalue weighted by Crippen LogP contribution is 2.16. The van der Waals surface area contributed by atoms with Crippen LogP contribution in [0.15, 0.2) is 54.6 Å². The number of rotatable bonds is 10. The fourth-order valence-electron chi connectivity index (χ4n) is 2.95. The van der Waals surface area contributed by atoms with Crippen molar-refractivity contribution in [2.75, 3.05) is 13.7 Å². The number of carbonyl (C=O) groups is 2. The third kappa shape index (κ3) is 6.41. The molecule has 0 aliphatic heterocycles. The fourth-order valence-corrected chi connectivity index (χ4v) is 2.95. The number of nitrogens with zero attached hydrogens (tertiary/aromatic N) is 1. The van der Waals surface area contributed by atoms with Crippen LogP contribution in [0.25, 0.3) is 0 Å². The lowest BCUT2D eigenvalue weighted by Crippen LogP contribution is -2.47. The number of ether oxygens (including phenoxy) is 1. The first-order chi connectivity index (χ1) is 13.5. The Morgan fingerprint density at radius 1 is 1.04 bits per heavy atom. The van der Waals surface area contributed by atoms with E-state index in [1.807, 2.05) is 61.5 Å². The average Bonchev–Trinajstić information content (AvgIpc) is 2.74. The number of benzene rings is 2. The molecule has 5 nitrogen and oxygen atoms in total. The standard InChI is InChI=1S/C23H30N2O3/c1-4-16-24-23(27)18(2)25(17-20-10-13-21(28-3)14-11-20)22(26)15-12-19-8-6-5-7-9-19/h5-11,13-14,18H,4,12,15-17H2,1-3H3,(H,24,27). The predicted molar refractivity (Wildman–Crippen MR) is 111 cm³/mol. The van der Waals surface area contributed by atoms with Crippen LogP contribution in [0.2, 0.25) is 0 Å². The molecule has 1 atom stereocenters. The first-order valence-electron chi connectivity index (χ1n) is 9.79. The second kappa shape index (κ2) is 11.1. The van der Waals surface area contributed by atoms with Crippen LogP contribution in [0.5, 0.6) is 5.75 Å². The van der Waals surface area contributed by atoms with Gasteiger partial charge in [-0.25, -0.2) is 0 Å². The summed E-state index contributed by atoms with van der Waals surface area (Å²) in [6, 6.07) is 17.0. The number of methoxy groups -OCH3 is 1. The number of amides is 2. The fraction of sp³-hybridized carbons (Fsp3) is 0.391. The van der Waals surface area contributed by atoms with Gasteiger partial charge in [0.2, 0.25) is 11.8 Å². The molecule has 28 heavy (non-hydrogen) atoms. The van der Waals surface area contributed by atoms with Gasteiger partial charge >= 0.3 is 0 Å². The van der Waals surface area contributed by atoms with Gasteiger partial charge in [-0.15, -0.1) is 0 Å². The molecular weight excluding hydrogens is 352 g/mol. The summed E-state index contributed by atoms with van der Waals surface area (Å²) in [6.45, 7) is 4.79. The van der Waals surface area contributed by atoms with E-state index in [0.29, 0.717) is 25.9 Å². The Kier molecular flexibility index (Phi) is 8.53. The lowest BCUT2D eigenvalue weighted by Gasteiger charge is -2.29. The zero-order valence-electron chi connectivity index (χ0n) is 17.0. The van der Waals surface area contributed by atoms with Crippen molar-refractivity contribution >= 4 is 11.8 Å². The smallest absolute Gasteiger partial charge is 0.242 e. The van der Waals surface area contributed by atoms with E-state index >= 15 is 0 Å². The second-order valence-corrected chi connectivity index (χ2v) is 6.82. The summed E-state index contributed by atoms with van der Waals surface area (Å²) in [5, 5.41) is 2.89. The summed E-state index contributed by atoms with van der Waals surface area (Å²) in [5.41, 5.74) is 2.08. The van der Waals surface area contributed by atoms with Gasteiger partial charge < -0.3 is 15.0 Å². The highest BCUT2D eigenvalue weighted by molar-refractivity contribution is 5.87. The van der Waals surface area contributed by atoms with Gasteiger partial charge in [-0.2, -0.15) is 0 Å². The molecule has 2 amide bonds. The van der Waals surface area contributed by atoms with E-state index in [0.717, 1.165) is 23.3 Å². The normalized spacial score (nSPS) is 11.5. The molecule has 2 rings (SSSR count). The minimum Gasteiger partial charge on any atom is -0.497 e. The Hall–Kier alpha value is -2.82. The minimum atomic E-state index is -0.531. The molecule has 2 aromatic carbocycles. The van der Waals surface area contributed by atoms with E-state index in [1.165, 1.54) is 0 Å². The summed E-state index contributed by atoms with van der Waals surface area (Å²) < 4.78 is 5.19. The van der Waals surface area contributed by atoms with Crippen molar-refractivity contribution in [3.8, 4) is 5.75 Å². The van der Waals surface area contributed by atoms with Crippen molar-refractivity contribution < 1.29 is 14.3 Å². The molecule has 0 spiro atoms. The monoisotopic (exact) mass is 382 g/mol. The lowest BCUT2D eigenvalue weighted by molar-refractivity contribution is -0.140. The van der Waals surface area contributed by atoms with Crippen LogP contribution in [-0.2, 0) is 22.6 Å². The molecule has 0 aliphatic rings. The van der Waals surface area contributed by atoms with E-state index in [2.05, 4.69) is 5.32 Å². The van der Waals surface area contributed by atoms with Gasteiger partial charge in [-0.3, -0.25) is 9.59 Å². The van der Waals surface area contributed by atoms with Crippen molar-refractivity contribution in [2.45, 2.75) is 45.7 Å². The highest BCUT2D eigenvalue weighted by atomic mass is 16.5. The maximum atomic E-state index is 13.0. The van der Waals surface area contributed by atoms with E-state index in [9.17, 15) is 9.59 Å². The van der Waals surface area contributed by atoms with Crippen molar-refractivity contribution in [3.05, 3.63) is 65.7 Å². The molecule has 0 bridgehead atoms. The molecule has 0 saturated carbocycles. The van der Waals surface area contributed by atoms with Crippen LogP contribution < -0.4 is 10.1 Å². The maximum absolute atomic E-state index is 13.0. The lowest BCUT2D eigenvalue weighted by atomic mass is 10.1. The number of carbonyl (C=O) groups excluding carboxylic acids is 2. The van der Waals surface area contributed by atoms with Crippen LogP contribution in [0, 0.1) is 0 Å². The first kappa shape index (κ1) is 21.5. The van der Waals surface area contributed by atoms with Gasteiger partial charge in [0.25, 0.3) is 0 Å². The summed E-state index contributed by atoms with van der Waals surface area (Å²) in [4.78, 5) is 27.1. The van der Waals surface area contributed by atoms with Gasteiger partial charge in [0.05, 0.1) is 7.11 Å². The molecule has 150 valence electrons. The summed E-state index contributed by atoms with van der Waals surface area (Å²) >= 11 is 0. The molecule has 0 saturated heterocycles. The van der Waals surface area contributed by atoms with E-state index < -0.39 is 6.04 Å². The third-order valence-corrected chi connectivity index (χ3v) is 4.70. The van der Waals surface area contributed by atoms with E-state index in [1.54, 1.807) is 18.9 Å². The molecule has 0 heterocycles. The SMILES string of the molecule is CCCNC(=O)C(C)N(Cc1ccc(OC)cc1)C(=O)CCc1ccccc1. The molecular formula is C23H30N2O3. The van der Waals surface area contributed by atoms with Crippen LogP contribution in [0.1, 0.15) is 37.8 Å². The Bertz CT molecular complexity index is 744. The maximum Gasteiger partial charge on any atom is 0.242 e. The van der Waals surface area contributed by atoms with Gasteiger partial charge in [0, 0.05) is 19.5 Å². The van der Waals surface area contributed by atoms with Crippen molar-refractivity contribution in [1.29, 1.82) is 0 Å². The number of hydrogen-bond acceptors (Lipinski definition) is 3. The van der Waals surface area contributed by atoms with Crippen molar-refractivity contribution in [1.82, 2.24) is 10.2 Å². The van der Waals surface area contributed by atoms with Gasteiger partial charge in [0.15, 0.2) is 0 Å². The van der Waals surface area contributed by atoms with Gasteiger partial charge in [0.1, 0.15) is 11.8 Å². The van der Waals surface area contributed by atoms with E-state index in [4.69, 9.17) is 4.74 Å². The first-order valence-corrected chi connectivity index (χ1v) is 9.79. The second-order valence-electron chi connectivity index (χ2n) is 6.82. The molecule has 0 fully saturated rings. The Morgan fingerprint density at radius 2 is 1.71 bits per heavy atom. The zero-order chi connectivity index (χ0) is 20.4. The Morgan fingerprint density at radius 3 is 2.32 bits per heavy atom. The van der Waals surface area contributed by atoms with Crippen LogP contribution in [0.4, 0.5) is 0 Å². The molecule has 0 radical (unpaired) electrons. The number of aryl methyl sites for hydroxylation is 1. The molecule has 2 aromatic rings. The van der Waals surface area contributed by atoms with Crippen LogP contribution in [0.3, 0.4) is 0 Å². The zero-order valence-corrected chi connectivity index (χ0v) is 17.0. The van der Waals surface area contributed by atoms with Crippen molar-refractivity contribution in [2.24, 2.45) is 0 Å². The molecule has 5 heteroatoms. The summed E-state index contributed by atoms with van der Waals surface area (Å²) in [5.74, 6) is 0.613. The average molecular weight is 383 g/mol. The van der Waals surface area contributed by atoms with E-state index in [-0.39, 0.29) is 11.8 Å². The van der Waals surface area contributed by atoms with Gasteiger partial charge in [-0.05, 0) is 43.0 Å².